The Kier molecular flexibility index (Phi) is 6.31. The molecule has 0 aliphatic rings. The van der Waals surface area contributed by atoms with Crippen LogP contribution in [0.4, 0.5) is 17.1 Å². The minimum Gasteiger partial charge on any atom is -0.375 e. The number of halogens is 3. The van der Waals surface area contributed by atoms with Crippen molar-refractivity contribution in [3.63, 3.8) is 0 Å². The molecular formula is C16H14Cl3N3O2. The van der Waals surface area contributed by atoms with E-state index in [1.807, 2.05) is 0 Å². The normalized spacial score (nSPS) is 10.2. The molecule has 0 radical (unpaired) electrons. The molecular weight excluding hydrogens is 373 g/mol. The quantitative estimate of drug-likeness (QED) is 0.655. The first-order chi connectivity index (χ1) is 11.3. The van der Waals surface area contributed by atoms with Crippen molar-refractivity contribution in [1.29, 1.82) is 0 Å². The van der Waals surface area contributed by atoms with Gasteiger partial charge in [0.05, 0.1) is 27.3 Å². The van der Waals surface area contributed by atoms with Gasteiger partial charge in [0.25, 0.3) is 0 Å². The third-order valence-corrected chi connectivity index (χ3v) is 3.97. The van der Waals surface area contributed by atoms with Gasteiger partial charge in [-0.25, -0.2) is 0 Å². The van der Waals surface area contributed by atoms with E-state index in [9.17, 15) is 9.59 Å². The van der Waals surface area contributed by atoms with Crippen LogP contribution in [-0.2, 0) is 9.59 Å². The van der Waals surface area contributed by atoms with Crippen LogP contribution in [-0.4, -0.2) is 18.4 Å². The second kappa shape index (κ2) is 8.24. The first-order valence-electron chi connectivity index (χ1n) is 6.91. The molecule has 24 heavy (non-hydrogen) atoms. The Labute approximate surface area is 154 Å². The van der Waals surface area contributed by atoms with Crippen molar-refractivity contribution in [2.24, 2.45) is 0 Å². The summed E-state index contributed by atoms with van der Waals surface area (Å²) in [4.78, 5) is 22.9. The fourth-order valence-corrected chi connectivity index (χ4v) is 2.49. The summed E-state index contributed by atoms with van der Waals surface area (Å²) in [5.41, 5.74) is 1.78. The first kappa shape index (κ1) is 18.4. The molecule has 8 heteroatoms. The minimum absolute atomic E-state index is 0.00509. The molecule has 0 fully saturated rings. The van der Waals surface area contributed by atoms with E-state index in [0.29, 0.717) is 32.1 Å². The zero-order chi connectivity index (χ0) is 17.7. The Morgan fingerprint density at radius 2 is 1.42 bits per heavy atom. The summed E-state index contributed by atoms with van der Waals surface area (Å²) in [6.45, 7) is 1.43. The summed E-state index contributed by atoms with van der Waals surface area (Å²) < 4.78 is 0. The molecule has 2 aromatic rings. The van der Waals surface area contributed by atoms with Crippen LogP contribution in [0.15, 0.2) is 36.4 Å². The molecule has 0 spiro atoms. The highest BCUT2D eigenvalue weighted by atomic mass is 35.5. The summed E-state index contributed by atoms with van der Waals surface area (Å²) in [7, 11) is 0. The molecule has 0 unspecified atom stereocenters. The number of hydrogen-bond donors (Lipinski definition) is 3. The average Bonchev–Trinajstić information content (AvgIpc) is 2.51. The van der Waals surface area contributed by atoms with Gasteiger partial charge in [0, 0.05) is 18.3 Å². The van der Waals surface area contributed by atoms with E-state index in [2.05, 4.69) is 16.0 Å². The second-order valence-corrected chi connectivity index (χ2v) is 6.13. The highest BCUT2D eigenvalue weighted by Gasteiger charge is 2.08. The van der Waals surface area contributed by atoms with Crippen LogP contribution in [0, 0.1) is 0 Å². The summed E-state index contributed by atoms with van der Waals surface area (Å²) in [5, 5.41) is 9.32. The number of rotatable bonds is 5. The van der Waals surface area contributed by atoms with Crippen LogP contribution in [0.25, 0.3) is 0 Å². The largest absolute Gasteiger partial charge is 0.375 e. The fraction of sp³-hybridized carbons (Fsp3) is 0.125. The molecule has 5 nitrogen and oxygen atoms in total. The number of nitrogens with one attached hydrogen (secondary N) is 3. The van der Waals surface area contributed by atoms with Gasteiger partial charge in [-0.3, -0.25) is 9.59 Å². The number of carbonyl (C=O) groups excluding carboxylic acids is 2. The van der Waals surface area contributed by atoms with Gasteiger partial charge < -0.3 is 16.0 Å². The third-order valence-electron chi connectivity index (χ3n) is 2.94. The van der Waals surface area contributed by atoms with E-state index in [-0.39, 0.29) is 18.4 Å². The van der Waals surface area contributed by atoms with Crippen LogP contribution in [0.5, 0.6) is 0 Å². The standard InChI is InChI=1S/C16H14Cl3N3O2/c1-9(23)21-10-2-4-11(5-3-10)22-16(24)8-20-15-7-13(18)12(17)6-14(15)19/h2-7,20H,8H2,1H3,(H,21,23)(H,22,24). The van der Waals surface area contributed by atoms with Gasteiger partial charge in [0.1, 0.15) is 0 Å². The molecule has 0 aromatic heterocycles. The lowest BCUT2D eigenvalue weighted by molar-refractivity contribution is -0.115. The van der Waals surface area contributed by atoms with Gasteiger partial charge in [-0.2, -0.15) is 0 Å². The minimum atomic E-state index is -0.260. The van der Waals surface area contributed by atoms with Crippen LogP contribution in [0.1, 0.15) is 6.92 Å². The molecule has 0 saturated heterocycles. The fourth-order valence-electron chi connectivity index (χ4n) is 1.88. The SMILES string of the molecule is CC(=O)Nc1ccc(NC(=O)CNc2cc(Cl)c(Cl)cc2Cl)cc1. The Hall–Kier alpha value is -1.95. The highest BCUT2D eigenvalue weighted by molar-refractivity contribution is 6.44. The molecule has 0 heterocycles. The molecule has 0 aliphatic heterocycles. The molecule has 2 rings (SSSR count). The highest BCUT2D eigenvalue weighted by Crippen LogP contribution is 2.32. The number of hydrogen-bond acceptors (Lipinski definition) is 3. The van der Waals surface area contributed by atoms with Gasteiger partial charge in [0.2, 0.25) is 11.8 Å². The first-order valence-corrected chi connectivity index (χ1v) is 8.04. The maximum Gasteiger partial charge on any atom is 0.243 e. The Morgan fingerprint density at radius 1 is 0.875 bits per heavy atom. The van der Waals surface area contributed by atoms with Crippen molar-refractivity contribution >= 4 is 63.7 Å². The number of anilines is 3. The summed E-state index contributed by atoms with van der Waals surface area (Å²) >= 11 is 17.8. The number of benzene rings is 2. The Bertz CT molecular complexity index is 764. The van der Waals surface area contributed by atoms with Crippen molar-refractivity contribution in [2.75, 3.05) is 22.5 Å². The topological polar surface area (TPSA) is 70.2 Å². The molecule has 2 aromatic carbocycles. The maximum atomic E-state index is 12.0. The lowest BCUT2D eigenvalue weighted by atomic mass is 10.2. The molecule has 0 saturated carbocycles. The molecule has 2 amide bonds. The molecule has 126 valence electrons. The molecule has 0 atom stereocenters. The second-order valence-electron chi connectivity index (χ2n) is 4.91. The van der Waals surface area contributed by atoms with Gasteiger partial charge in [-0.1, -0.05) is 34.8 Å². The van der Waals surface area contributed by atoms with Crippen molar-refractivity contribution in [2.45, 2.75) is 6.92 Å². The van der Waals surface area contributed by atoms with Crippen molar-refractivity contribution in [3.8, 4) is 0 Å². The predicted octanol–water partition coefficient (Wildman–Crippen LogP) is 4.66. The summed E-state index contributed by atoms with van der Waals surface area (Å²) in [5.74, 6) is -0.418. The van der Waals surface area contributed by atoms with Gasteiger partial charge in [-0.15, -0.1) is 0 Å². The zero-order valence-electron chi connectivity index (χ0n) is 12.6. The number of amides is 2. The van der Waals surface area contributed by atoms with Crippen LogP contribution in [0.3, 0.4) is 0 Å². The van der Waals surface area contributed by atoms with E-state index in [4.69, 9.17) is 34.8 Å². The van der Waals surface area contributed by atoms with E-state index in [0.717, 1.165) is 0 Å². The summed E-state index contributed by atoms with van der Waals surface area (Å²) in [6, 6.07) is 9.83. The Balaban J connectivity index is 1.91. The average molecular weight is 387 g/mol. The summed E-state index contributed by atoms with van der Waals surface area (Å²) in [6.07, 6.45) is 0. The molecule has 3 N–H and O–H groups in total. The van der Waals surface area contributed by atoms with Gasteiger partial charge in [-0.05, 0) is 36.4 Å². The van der Waals surface area contributed by atoms with Crippen molar-refractivity contribution < 1.29 is 9.59 Å². The van der Waals surface area contributed by atoms with Crippen LogP contribution in [0.2, 0.25) is 15.1 Å². The zero-order valence-corrected chi connectivity index (χ0v) is 14.9. The lowest BCUT2D eigenvalue weighted by Gasteiger charge is -2.11. The van der Waals surface area contributed by atoms with E-state index >= 15 is 0 Å². The van der Waals surface area contributed by atoms with E-state index in [1.54, 1.807) is 30.3 Å². The number of carbonyl (C=O) groups is 2. The third kappa shape index (κ3) is 5.30. The van der Waals surface area contributed by atoms with Crippen LogP contribution < -0.4 is 16.0 Å². The monoisotopic (exact) mass is 385 g/mol. The van der Waals surface area contributed by atoms with Crippen molar-refractivity contribution in [1.82, 2.24) is 0 Å². The molecule has 0 aliphatic carbocycles. The Morgan fingerprint density at radius 3 is 2.00 bits per heavy atom. The van der Waals surface area contributed by atoms with Crippen molar-refractivity contribution in [3.05, 3.63) is 51.5 Å². The van der Waals surface area contributed by atoms with Gasteiger partial charge >= 0.3 is 0 Å². The maximum absolute atomic E-state index is 12.0. The lowest BCUT2D eigenvalue weighted by Crippen LogP contribution is -2.21. The van der Waals surface area contributed by atoms with E-state index in [1.165, 1.54) is 13.0 Å². The van der Waals surface area contributed by atoms with E-state index < -0.39 is 0 Å². The predicted molar refractivity (Wildman–Crippen MR) is 99.3 cm³/mol. The van der Waals surface area contributed by atoms with Crippen LogP contribution >= 0.6 is 34.8 Å². The molecule has 0 bridgehead atoms. The smallest absolute Gasteiger partial charge is 0.243 e. The van der Waals surface area contributed by atoms with Gasteiger partial charge in [0.15, 0.2) is 0 Å².